The van der Waals surface area contributed by atoms with E-state index >= 15 is 0 Å². The highest BCUT2D eigenvalue weighted by Crippen LogP contribution is 2.41. The van der Waals surface area contributed by atoms with Crippen LogP contribution in [0.4, 0.5) is 0 Å². The second kappa shape index (κ2) is 18.3. The molecule has 0 saturated heterocycles. The first-order valence-electron chi connectivity index (χ1n) is 21.3. The minimum Gasteiger partial charge on any atom is -0.256 e. The first-order chi connectivity index (χ1) is 30.5. The van der Waals surface area contributed by atoms with Crippen molar-refractivity contribution in [2.45, 2.75) is 39.5 Å². The van der Waals surface area contributed by atoms with Gasteiger partial charge in [0.1, 0.15) is 0 Å². The summed E-state index contributed by atoms with van der Waals surface area (Å²) in [5.41, 5.74) is 21.2. The first kappa shape index (κ1) is 39.7. The number of rotatable bonds is 12. The predicted molar refractivity (Wildman–Crippen MR) is 254 cm³/mol. The zero-order valence-electron chi connectivity index (χ0n) is 35.1. The fourth-order valence-electron chi connectivity index (χ4n) is 8.15. The average molecular weight is 799 g/mol. The normalized spacial score (nSPS) is 11.0. The van der Waals surface area contributed by atoms with E-state index < -0.39 is 0 Å². The quantitative estimate of drug-likeness (QED) is 0.123. The second-order valence-electron chi connectivity index (χ2n) is 16.1. The van der Waals surface area contributed by atoms with Gasteiger partial charge in [0.15, 0.2) is 0 Å². The topological polar surface area (TPSA) is 62.5 Å². The summed E-state index contributed by atoms with van der Waals surface area (Å²) in [5, 5.41) is 9.60. The number of nitrogens with zero attached hydrogens (tertiary/aromatic N) is 4. The summed E-state index contributed by atoms with van der Waals surface area (Å²) in [7, 11) is 0. The van der Waals surface area contributed by atoms with Gasteiger partial charge in [0, 0.05) is 35.3 Å². The molecule has 0 atom stereocenters. The zero-order valence-corrected chi connectivity index (χ0v) is 35.1. The van der Waals surface area contributed by atoms with Crippen LogP contribution in [-0.2, 0) is 25.7 Å². The van der Waals surface area contributed by atoms with Gasteiger partial charge in [0.2, 0.25) is 0 Å². The molecule has 0 radical (unpaired) electrons. The minimum absolute atomic E-state index is 0.638. The van der Waals surface area contributed by atoms with Crippen LogP contribution < -0.4 is 0 Å². The fraction of sp³-hybridized carbons (Fsp3) is 0.103. The van der Waals surface area contributed by atoms with Crippen molar-refractivity contribution in [2.24, 2.45) is 0 Å². The Bertz CT molecular complexity index is 2870. The summed E-state index contributed by atoms with van der Waals surface area (Å²) < 4.78 is 0. The molecule has 0 fully saturated rings. The van der Waals surface area contributed by atoms with Crippen molar-refractivity contribution in [2.75, 3.05) is 0 Å². The maximum atomic E-state index is 9.60. The molecule has 3 heterocycles. The van der Waals surface area contributed by atoms with Crippen LogP contribution in [0.1, 0.15) is 38.9 Å². The smallest absolute Gasteiger partial charge is 0.0991 e. The van der Waals surface area contributed by atoms with Gasteiger partial charge in [-0.15, -0.1) is 0 Å². The lowest BCUT2D eigenvalue weighted by Gasteiger charge is -2.18. The Morgan fingerprint density at radius 2 is 0.871 bits per heavy atom. The Kier molecular flexibility index (Phi) is 11.7. The summed E-state index contributed by atoms with van der Waals surface area (Å²) in [6, 6.07) is 64.9. The van der Waals surface area contributed by atoms with Crippen molar-refractivity contribution < 1.29 is 0 Å². The molecule has 0 aliphatic rings. The molecule has 0 saturated carbocycles. The number of hydrogen-bond acceptors (Lipinski definition) is 4. The van der Waals surface area contributed by atoms with E-state index in [1.807, 2.05) is 48.9 Å². The molecule has 4 nitrogen and oxygen atoms in total. The van der Waals surface area contributed by atoms with Crippen LogP contribution in [0.2, 0.25) is 0 Å². The molecule has 298 valence electrons. The van der Waals surface area contributed by atoms with Crippen molar-refractivity contribution in [3.63, 3.8) is 0 Å². The van der Waals surface area contributed by atoms with E-state index in [4.69, 9.17) is 0 Å². The van der Waals surface area contributed by atoms with Crippen LogP contribution in [0.3, 0.4) is 0 Å². The van der Waals surface area contributed by atoms with E-state index in [9.17, 15) is 5.26 Å². The molecular weight excluding hydrogens is 753 g/mol. The van der Waals surface area contributed by atoms with Gasteiger partial charge < -0.3 is 0 Å². The molecular formula is C58H46N4. The van der Waals surface area contributed by atoms with E-state index in [2.05, 4.69) is 180 Å². The van der Waals surface area contributed by atoms with Crippen molar-refractivity contribution in [3.05, 3.63) is 233 Å². The molecule has 0 aliphatic carbocycles. The lowest BCUT2D eigenvalue weighted by Crippen LogP contribution is -1.98. The Balaban J connectivity index is 1.07. The van der Waals surface area contributed by atoms with Crippen molar-refractivity contribution in [3.8, 4) is 73.2 Å². The third-order valence-corrected chi connectivity index (χ3v) is 11.6. The van der Waals surface area contributed by atoms with Crippen molar-refractivity contribution >= 4 is 0 Å². The van der Waals surface area contributed by atoms with Crippen molar-refractivity contribution in [1.29, 1.82) is 5.26 Å². The summed E-state index contributed by atoms with van der Waals surface area (Å²) in [6.45, 7) is 4.13. The van der Waals surface area contributed by atoms with Gasteiger partial charge in [-0.2, -0.15) is 5.26 Å². The third kappa shape index (κ3) is 9.19. The number of aryl methyl sites for hydroxylation is 6. The van der Waals surface area contributed by atoms with Gasteiger partial charge in [-0.1, -0.05) is 133 Å². The summed E-state index contributed by atoms with van der Waals surface area (Å²) in [6.07, 6.45) is 9.37. The number of aromatic nitrogens is 3. The number of pyridine rings is 3. The van der Waals surface area contributed by atoms with Crippen LogP contribution in [0.15, 0.2) is 195 Å². The summed E-state index contributed by atoms with van der Waals surface area (Å²) in [5.74, 6) is 0. The summed E-state index contributed by atoms with van der Waals surface area (Å²) >= 11 is 0. The van der Waals surface area contributed by atoms with E-state index in [1.54, 1.807) is 0 Å². The number of benzene rings is 6. The fourth-order valence-corrected chi connectivity index (χ4v) is 8.15. The highest BCUT2D eigenvalue weighted by molar-refractivity contribution is 5.93. The first-order valence-corrected chi connectivity index (χ1v) is 21.3. The van der Waals surface area contributed by atoms with Crippen LogP contribution in [0.5, 0.6) is 0 Å². The molecule has 6 aromatic carbocycles. The van der Waals surface area contributed by atoms with Gasteiger partial charge in [0.05, 0.1) is 28.7 Å². The lowest BCUT2D eigenvalue weighted by atomic mass is 9.86. The molecule has 0 aliphatic heterocycles. The lowest BCUT2D eigenvalue weighted by molar-refractivity contribution is 0.931. The third-order valence-electron chi connectivity index (χ3n) is 11.6. The molecule has 62 heavy (non-hydrogen) atoms. The molecule has 9 rings (SSSR count). The highest BCUT2D eigenvalue weighted by Gasteiger charge is 2.16. The van der Waals surface area contributed by atoms with Gasteiger partial charge in [-0.25, -0.2) is 0 Å². The maximum Gasteiger partial charge on any atom is 0.0991 e. The van der Waals surface area contributed by atoms with Gasteiger partial charge in [-0.05, 0) is 149 Å². The zero-order chi connectivity index (χ0) is 42.3. The molecule has 0 amide bonds. The van der Waals surface area contributed by atoms with Gasteiger partial charge >= 0.3 is 0 Å². The van der Waals surface area contributed by atoms with E-state index in [0.29, 0.717) is 5.56 Å². The van der Waals surface area contributed by atoms with E-state index in [1.165, 1.54) is 33.4 Å². The Morgan fingerprint density at radius 3 is 1.40 bits per heavy atom. The number of hydrogen-bond donors (Lipinski definition) is 0. The molecule has 3 aromatic heterocycles. The molecule has 0 unspecified atom stereocenters. The minimum atomic E-state index is 0.638. The standard InChI is InChI=1S/C58H46N4/c1-40-10-30-57(61-38-40)48-24-16-42(17-25-48)12-14-45-33-46(15-13-43-18-26-49(27-19-43)58-31-11-41(2)39-62-58)35-51(34-45)52-7-3-4-8-53(52)54-29-28-50(56-9-5-6-32-60-56)36-55(54)47-22-20-44(37-59)21-23-47/h3-11,16-36,38-39H,12-15H2,1-2H3. The van der Waals surface area contributed by atoms with Gasteiger partial charge in [-0.3, -0.25) is 15.0 Å². The molecule has 9 aromatic rings. The van der Waals surface area contributed by atoms with E-state index in [0.717, 1.165) is 92.8 Å². The highest BCUT2D eigenvalue weighted by atomic mass is 14.7. The largest absolute Gasteiger partial charge is 0.256 e. The van der Waals surface area contributed by atoms with Crippen LogP contribution >= 0.6 is 0 Å². The molecule has 0 bridgehead atoms. The maximum absolute atomic E-state index is 9.60. The molecule has 0 N–H and O–H groups in total. The van der Waals surface area contributed by atoms with Gasteiger partial charge in [0.25, 0.3) is 0 Å². The predicted octanol–water partition coefficient (Wildman–Crippen LogP) is 13.9. The second-order valence-corrected chi connectivity index (χ2v) is 16.1. The Hall–Kier alpha value is -7.74. The monoisotopic (exact) mass is 798 g/mol. The Morgan fingerprint density at radius 1 is 0.371 bits per heavy atom. The summed E-state index contributed by atoms with van der Waals surface area (Å²) in [4.78, 5) is 13.9. The van der Waals surface area contributed by atoms with E-state index in [-0.39, 0.29) is 0 Å². The molecule has 0 spiro atoms. The van der Waals surface area contributed by atoms with Crippen LogP contribution in [0, 0.1) is 25.2 Å². The SMILES string of the molecule is Cc1ccc(-c2ccc(CCc3cc(CCc4ccc(-c5ccc(C)cn5)cc4)cc(-c4ccccc4-c4ccc(-c5ccccn5)cc4-c4ccc(C#N)cc4)c3)cc2)nc1. The average Bonchev–Trinajstić information content (AvgIpc) is 3.33. The Labute approximate surface area is 364 Å². The number of nitriles is 1. The molecule has 4 heteroatoms. The van der Waals surface area contributed by atoms with Crippen LogP contribution in [-0.4, -0.2) is 15.0 Å². The van der Waals surface area contributed by atoms with Crippen LogP contribution in [0.25, 0.3) is 67.2 Å². The van der Waals surface area contributed by atoms with Crippen molar-refractivity contribution in [1.82, 2.24) is 15.0 Å².